The van der Waals surface area contributed by atoms with E-state index in [9.17, 15) is 19.2 Å². The monoisotopic (exact) mass is 452 g/mol. The molecule has 6 heteroatoms. The van der Waals surface area contributed by atoms with Crippen LogP contribution in [0.15, 0.2) is 23.8 Å². The third kappa shape index (κ3) is 2.21. The summed E-state index contributed by atoms with van der Waals surface area (Å²) in [6, 6.07) is 0. The van der Waals surface area contributed by atoms with Gasteiger partial charge in [-0.25, -0.2) is 0 Å². The molecule has 176 valence electrons. The topological polar surface area (TPSA) is 86.7 Å². The smallest absolute Gasteiger partial charge is 0.318 e. The fraction of sp³-hybridized carbons (Fsp3) is 0.704. The lowest BCUT2D eigenvalue weighted by Crippen LogP contribution is -2.69. The summed E-state index contributed by atoms with van der Waals surface area (Å²) in [4.78, 5) is 51.0. The van der Waals surface area contributed by atoms with Gasteiger partial charge in [0.2, 0.25) is 0 Å². The highest BCUT2D eigenvalue weighted by molar-refractivity contribution is 5.99. The van der Waals surface area contributed by atoms with Gasteiger partial charge in [-0.15, -0.1) is 0 Å². The van der Waals surface area contributed by atoms with E-state index in [4.69, 9.17) is 9.47 Å². The van der Waals surface area contributed by atoms with Crippen molar-refractivity contribution in [2.24, 2.45) is 45.3 Å². The van der Waals surface area contributed by atoms with Crippen molar-refractivity contribution < 1.29 is 28.7 Å². The van der Waals surface area contributed by atoms with E-state index in [2.05, 4.69) is 32.1 Å². The van der Waals surface area contributed by atoms with Crippen molar-refractivity contribution in [2.75, 3.05) is 0 Å². The molecule has 4 fully saturated rings. The summed E-state index contributed by atoms with van der Waals surface area (Å²) in [5.74, 6) is -2.02. The Bertz CT molecular complexity index is 1070. The Hall–Kier alpha value is -2.24. The third-order valence-corrected chi connectivity index (χ3v) is 10.9. The Morgan fingerprint density at radius 1 is 1.03 bits per heavy atom. The number of rotatable bonds is 2. The van der Waals surface area contributed by atoms with Crippen molar-refractivity contribution in [1.82, 2.24) is 0 Å². The van der Waals surface area contributed by atoms with E-state index in [1.54, 1.807) is 6.92 Å². The molecule has 1 heterocycles. The van der Waals surface area contributed by atoms with Crippen molar-refractivity contribution in [1.29, 1.82) is 0 Å². The molecule has 0 aromatic rings. The van der Waals surface area contributed by atoms with E-state index in [1.165, 1.54) is 12.5 Å². The van der Waals surface area contributed by atoms with Gasteiger partial charge in [-0.05, 0) is 62.2 Å². The first-order valence-electron chi connectivity index (χ1n) is 12.4. The molecule has 0 N–H and O–H groups in total. The molecule has 0 aromatic carbocycles. The minimum atomic E-state index is -0.612. The lowest BCUT2D eigenvalue weighted by Gasteiger charge is -2.71. The van der Waals surface area contributed by atoms with E-state index < -0.39 is 34.6 Å². The largest absolute Gasteiger partial charge is 0.463 e. The van der Waals surface area contributed by atoms with Crippen molar-refractivity contribution in [3.8, 4) is 0 Å². The van der Waals surface area contributed by atoms with Crippen LogP contribution < -0.4 is 0 Å². The maximum atomic E-state index is 13.3. The number of esters is 3. The van der Waals surface area contributed by atoms with Crippen LogP contribution in [-0.2, 0) is 28.7 Å². The zero-order valence-electron chi connectivity index (χ0n) is 19.8. The molecule has 7 aliphatic rings. The summed E-state index contributed by atoms with van der Waals surface area (Å²) in [6.07, 6.45) is 11.0. The molecule has 1 saturated heterocycles. The van der Waals surface area contributed by atoms with Gasteiger partial charge in [0, 0.05) is 23.7 Å². The van der Waals surface area contributed by atoms with E-state index in [0.29, 0.717) is 6.42 Å². The molecule has 0 aromatic heterocycles. The average Bonchev–Trinajstić information content (AvgIpc) is 3.25. The van der Waals surface area contributed by atoms with Crippen molar-refractivity contribution in [3.63, 3.8) is 0 Å². The molecule has 7 rings (SSSR count). The number of hydrogen-bond acceptors (Lipinski definition) is 6. The maximum absolute atomic E-state index is 13.3. The summed E-state index contributed by atoms with van der Waals surface area (Å²) in [5.41, 5.74) is -0.495. The Morgan fingerprint density at radius 3 is 2.45 bits per heavy atom. The Balaban J connectivity index is 1.58. The maximum Gasteiger partial charge on any atom is 0.318 e. The lowest BCUT2D eigenvalue weighted by atomic mass is 9.31. The number of ether oxygens (including phenoxy) is 2. The highest BCUT2D eigenvalue weighted by atomic mass is 16.6. The van der Waals surface area contributed by atoms with E-state index in [1.807, 2.05) is 0 Å². The van der Waals surface area contributed by atoms with Crippen molar-refractivity contribution >= 4 is 23.7 Å². The molecule has 33 heavy (non-hydrogen) atoms. The van der Waals surface area contributed by atoms with Crippen LogP contribution in [0.5, 0.6) is 0 Å². The second-order valence-corrected chi connectivity index (χ2v) is 11.9. The molecule has 2 spiro atoms. The van der Waals surface area contributed by atoms with E-state index >= 15 is 0 Å². The summed E-state index contributed by atoms with van der Waals surface area (Å²) >= 11 is 0. The number of hydrogen-bond donors (Lipinski definition) is 0. The Kier molecular flexibility index (Phi) is 4.03. The molecule has 6 nitrogen and oxygen atoms in total. The fourth-order valence-corrected chi connectivity index (χ4v) is 9.75. The van der Waals surface area contributed by atoms with E-state index in [0.717, 1.165) is 32.1 Å². The third-order valence-electron chi connectivity index (χ3n) is 10.9. The van der Waals surface area contributed by atoms with Crippen LogP contribution >= 0.6 is 0 Å². The number of cyclic esters (lactones) is 2. The van der Waals surface area contributed by atoms with Gasteiger partial charge in [-0.1, -0.05) is 37.6 Å². The van der Waals surface area contributed by atoms with Gasteiger partial charge in [0.15, 0.2) is 0 Å². The fourth-order valence-electron chi connectivity index (χ4n) is 9.75. The Labute approximate surface area is 194 Å². The van der Waals surface area contributed by atoms with Gasteiger partial charge in [0.1, 0.15) is 11.9 Å². The molecular formula is C27H32O6. The number of allylic oxidation sites excluding steroid dienone is 4. The van der Waals surface area contributed by atoms with Gasteiger partial charge >= 0.3 is 17.9 Å². The van der Waals surface area contributed by atoms with Crippen LogP contribution in [0.2, 0.25) is 0 Å². The van der Waals surface area contributed by atoms with Crippen molar-refractivity contribution in [2.45, 2.75) is 72.3 Å². The zero-order chi connectivity index (χ0) is 23.6. The minimum Gasteiger partial charge on any atom is -0.463 e. The number of carbonyl (C=O) groups is 4. The molecule has 3 saturated carbocycles. The zero-order valence-corrected chi connectivity index (χ0v) is 19.8. The molecule has 9 unspecified atom stereocenters. The quantitative estimate of drug-likeness (QED) is 0.358. The minimum absolute atomic E-state index is 0.0317. The SMILES string of the molecule is CC(=O)OC1CCC2(C)C3=CCC4(C)C(C(C)=O)CCC4C34C=CC2(C1)C1C(=O)OC(=O)C14. The molecule has 2 bridgehead atoms. The lowest BCUT2D eigenvalue weighted by molar-refractivity contribution is -0.175. The van der Waals surface area contributed by atoms with Crippen LogP contribution in [0.1, 0.15) is 66.2 Å². The summed E-state index contributed by atoms with van der Waals surface area (Å²) < 4.78 is 11.0. The first-order valence-corrected chi connectivity index (χ1v) is 12.4. The van der Waals surface area contributed by atoms with Crippen LogP contribution in [0.3, 0.4) is 0 Å². The van der Waals surface area contributed by atoms with Crippen LogP contribution in [0.25, 0.3) is 0 Å². The van der Waals surface area contributed by atoms with Crippen molar-refractivity contribution in [3.05, 3.63) is 23.8 Å². The highest BCUT2D eigenvalue weighted by Crippen LogP contribution is 2.80. The van der Waals surface area contributed by atoms with E-state index in [-0.39, 0.29) is 40.5 Å². The summed E-state index contributed by atoms with van der Waals surface area (Å²) in [5, 5.41) is 0. The number of ketones is 1. The highest BCUT2D eigenvalue weighted by Gasteiger charge is 2.79. The first-order chi connectivity index (χ1) is 15.5. The molecule has 0 amide bonds. The van der Waals surface area contributed by atoms with Crippen LogP contribution in [0, 0.1) is 45.3 Å². The van der Waals surface area contributed by atoms with Crippen LogP contribution in [0.4, 0.5) is 0 Å². The second-order valence-electron chi connectivity index (χ2n) is 11.9. The van der Waals surface area contributed by atoms with Gasteiger partial charge in [-0.3, -0.25) is 19.2 Å². The standard InChI is InChI=1S/C27H32O6/c1-14(28)17-5-6-18-24(17,3)9-8-19-25(4)10-7-16(32-15(2)29)13-26(25)11-12-27(18,19)21-20(26)22(30)33-23(21)31/h8,11-12,16-18,20-21H,5-7,9-10,13H2,1-4H3. The number of Topliss-reactive ketones (excluding diaryl/α,β-unsaturated/α-hetero) is 1. The number of fused-ring (bicyclic) bond motifs is 1. The normalized spacial score (nSPS) is 51.2. The summed E-state index contributed by atoms with van der Waals surface area (Å²) in [6.45, 7) is 7.55. The predicted molar refractivity (Wildman–Crippen MR) is 117 cm³/mol. The average molecular weight is 453 g/mol. The van der Waals surface area contributed by atoms with Gasteiger partial charge in [0.05, 0.1) is 11.8 Å². The van der Waals surface area contributed by atoms with Gasteiger partial charge < -0.3 is 9.47 Å². The van der Waals surface area contributed by atoms with Crippen LogP contribution in [-0.4, -0.2) is 29.8 Å². The van der Waals surface area contributed by atoms with Gasteiger partial charge in [-0.2, -0.15) is 0 Å². The Morgan fingerprint density at radius 2 is 1.76 bits per heavy atom. The second kappa shape index (κ2) is 6.25. The molecule has 9 atom stereocenters. The molecule has 1 aliphatic heterocycles. The summed E-state index contributed by atoms with van der Waals surface area (Å²) in [7, 11) is 0. The van der Waals surface area contributed by atoms with Gasteiger partial charge in [0.25, 0.3) is 0 Å². The molecular weight excluding hydrogens is 420 g/mol. The molecule has 6 aliphatic carbocycles. The number of carbonyl (C=O) groups excluding carboxylic acids is 4. The first kappa shape index (κ1) is 21.3. The predicted octanol–water partition coefficient (Wildman–Crippen LogP) is 3.93. The molecule has 0 radical (unpaired) electrons.